The lowest BCUT2D eigenvalue weighted by Crippen LogP contribution is -2.47. The highest BCUT2D eigenvalue weighted by Gasteiger charge is 2.43. The Hall–Kier alpha value is -2.90. The summed E-state index contributed by atoms with van der Waals surface area (Å²) in [5, 5.41) is 9.35. The molecule has 2 aromatic rings. The number of ketones is 1. The largest absolute Gasteiger partial charge is 0.369 e. The molecular weight excluding hydrogens is 406 g/mol. The molecule has 0 atom stereocenters. The number of rotatable bonds is 3. The summed E-state index contributed by atoms with van der Waals surface area (Å²) < 4.78 is 0. The quantitative estimate of drug-likeness (QED) is 0.686. The highest BCUT2D eigenvalue weighted by atomic mass is 16.1. The molecule has 1 saturated carbocycles. The van der Waals surface area contributed by atoms with E-state index in [0.717, 1.165) is 72.9 Å². The average Bonchev–Trinajstić information content (AvgIpc) is 3.61. The fourth-order valence-corrected chi connectivity index (χ4v) is 6.27. The summed E-state index contributed by atoms with van der Waals surface area (Å²) in [6.07, 6.45) is 4.41. The standard InChI is InChI=1S/C29H31N3O/c1-4-19-14-23-24(16-26(19)32-11-9-31(10-12-32)21-6-7-21)29(2,3)25-15-20-13-18(17-30)5-8-22(20)27(25)28(23)33/h5,8,13-14,16,21H,4,6-7,9-12,15H2,1-3H3. The molecule has 168 valence electrons. The predicted molar refractivity (Wildman–Crippen MR) is 132 cm³/mol. The van der Waals surface area contributed by atoms with Crippen LogP contribution in [0.3, 0.4) is 0 Å². The van der Waals surface area contributed by atoms with Crippen molar-refractivity contribution in [3.8, 4) is 6.07 Å². The second-order valence-corrected chi connectivity index (χ2v) is 10.6. The third-order valence-corrected chi connectivity index (χ3v) is 8.39. The molecule has 4 nitrogen and oxygen atoms in total. The lowest BCUT2D eigenvalue weighted by atomic mass is 9.68. The zero-order valence-corrected chi connectivity index (χ0v) is 19.9. The maximum atomic E-state index is 13.8. The van der Waals surface area contributed by atoms with E-state index in [1.165, 1.54) is 29.7 Å². The second-order valence-electron chi connectivity index (χ2n) is 10.6. The van der Waals surface area contributed by atoms with E-state index in [0.29, 0.717) is 5.56 Å². The topological polar surface area (TPSA) is 47.3 Å². The number of piperazine rings is 1. The van der Waals surface area contributed by atoms with Gasteiger partial charge in [-0.25, -0.2) is 0 Å². The van der Waals surface area contributed by atoms with Gasteiger partial charge in [0.15, 0.2) is 5.78 Å². The van der Waals surface area contributed by atoms with E-state index in [9.17, 15) is 10.1 Å². The monoisotopic (exact) mass is 437 g/mol. The third kappa shape index (κ3) is 3.09. The van der Waals surface area contributed by atoms with E-state index in [1.807, 2.05) is 18.2 Å². The van der Waals surface area contributed by atoms with Gasteiger partial charge in [-0.1, -0.05) is 26.8 Å². The number of hydrogen-bond acceptors (Lipinski definition) is 4. The third-order valence-electron chi connectivity index (χ3n) is 8.39. The maximum Gasteiger partial charge on any atom is 0.193 e. The molecule has 33 heavy (non-hydrogen) atoms. The molecule has 1 aliphatic heterocycles. The maximum absolute atomic E-state index is 13.8. The summed E-state index contributed by atoms with van der Waals surface area (Å²) in [5.74, 6) is 0.155. The van der Waals surface area contributed by atoms with E-state index in [4.69, 9.17) is 0 Å². The Bertz CT molecular complexity index is 1250. The van der Waals surface area contributed by atoms with E-state index in [-0.39, 0.29) is 11.2 Å². The first-order chi connectivity index (χ1) is 15.9. The molecule has 4 aliphatic rings. The van der Waals surface area contributed by atoms with E-state index < -0.39 is 0 Å². The first-order valence-electron chi connectivity index (χ1n) is 12.4. The number of hydrogen-bond donors (Lipinski definition) is 0. The molecular formula is C29H31N3O. The number of carbonyl (C=O) groups excluding carboxylic acids is 1. The average molecular weight is 438 g/mol. The van der Waals surface area contributed by atoms with Crippen LogP contribution in [0.15, 0.2) is 35.9 Å². The summed E-state index contributed by atoms with van der Waals surface area (Å²) >= 11 is 0. The van der Waals surface area contributed by atoms with Crippen molar-refractivity contribution in [2.24, 2.45) is 0 Å². The molecule has 6 rings (SSSR count). The fourth-order valence-electron chi connectivity index (χ4n) is 6.27. The van der Waals surface area contributed by atoms with Crippen molar-refractivity contribution in [2.75, 3.05) is 31.1 Å². The first-order valence-corrected chi connectivity index (χ1v) is 12.4. The Labute approximate surface area is 196 Å². The van der Waals surface area contributed by atoms with Crippen LogP contribution in [-0.2, 0) is 18.3 Å². The smallest absolute Gasteiger partial charge is 0.193 e. The Morgan fingerprint density at radius 3 is 2.48 bits per heavy atom. The van der Waals surface area contributed by atoms with Gasteiger partial charge >= 0.3 is 0 Å². The number of allylic oxidation sites excluding steroid dienone is 2. The molecule has 0 spiro atoms. The van der Waals surface area contributed by atoms with Crippen LogP contribution >= 0.6 is 0 Å². The summed E-state index contributed by atoms with van der Waals surface area (Å²) in [5.41, 5.74) is 9.28. The van der Waals surface area contributed by atoms with Crippen molar-refractivity contribution in [1.82, 2.24) is 4.90 Å². The first kappa shape index (κ1) is 20.7. The fraction of sp³-hybridized carbons (Fsp3) is 0.448. The van der Waals surface area contributed by atoms with Crippen molar-refractivity contribution in [2.45, 2.75) is 57.9 Å². The summed E-state index contributed by atoms with van der Waals surface area (Å²) in [7, 11) is 0. The van der Waals surface area contributed by atoms with Gasteiger partial charge in [0.2, 0.25) is 0 Å². The van der Waals surface area contributed by atoms with Crippen molar-refractivity contribution in [3.05, 3.63) is 69.3 Å². The molecule has 0 N–H and O–H groups in total. The molecule has 1 saturated heterocycles. The van der Waals surface area contributed by atoms with Crippen LogP contribution in [0, 0.1) is 11.3 Å². The van der Waals surface area contributed by atoms with Crippen LogP contribution in [0.2, 0.25) is 0 Å². The number of Topliss-reactive ketones (excluding diaryl/α,β-unsaturated/α-hetero) is 1. The molecule has 2 aromatic carbocycles. The van der Waals surface area contributed by atoms with Crippen molar-refractivity contribution < 1.29 is 4.79 Å². The summed E-state index contributed by atoms with van der Waals surface area (Å²) in [6.45, 7) is 11.1. The lowest BCUT2D eigenvalue weighted by molar-refractivity contribution is 0.105. The van der Waals surface area contributed by atoms with E-state index in [2.05, 4.69) is 48.8 Å². The highest BCUT2D eigenvalue weighted by molar-refractivity contribution is 6.33. The molecule has 4 heteroatoms. The van der Waals surface area contributed by atoms with Gasteiger partial charge in [-0.2, -0.15) is 5.26 Å². The minimum absolute atomic E-state index is 0.155. The van der Waals surface area contributed by atoms with Gasteiger partial charge in [0.05, 0.1) is 11.6 Å². The van der Waals surface area contributed by atoms with Gasteiger partial charge < -0.3 is 4.90 Å². The summed E-state index contributed by atoms with van der Waals surface area (Å²) in [4.78, 5) is 19.0. The molecule has 0 radical (unpaired) electrons. The van der Waals surface area contributed by atoms with Gasteiger partial charge in [0, 0.05) is 54.5 Å². The number of benzene rings is 2. The number of nitriles is 1. The second kappa shape index (κ2) is 7.30. The van der Waals surface area contributed by atoms with Crippen LogP contribution in [-0.4, -0.2) is 42.9 Å². The minimum atomic E-state index is -0.221. The highest BCUT2D eigenvalue weighted by Crippen LogP contribution is 2.51. The van der Waals surface area contributed by atoms with Gasteiger partial charge in [0.25, 0.3) is 0 Å². The van der Waals surface area contributed by atoms with Crippen molar-refractivity contribution in [3.63, 3.8) is 0 Å². The van der Waals surface area contributed by atoms with E-state index >= 15 is 0 Å². The van der Waals surface area contributed by atoms with Crippen LogP contribution < -0.4 is 4.90 Å². The SMILES string of the molecule is CCc1cc2c(cc1N1CCN(C3CC3)CC1)C(C)(C)C1=C(C2=O)c2ccc(C#N)cc2C1. The molecule has 0 bridgehead atoms. The van der Waals surface area contributed by atoms with Crippen LogP contribution in [0.5, 0.6) is 0 Å². The van der Waals surface area contributed by atoms with Gasteiger partial charge in [-0.3, -0.25) is 9.69 Å². The van der Waals surface area contributed by atoms with Crippen LogP contribution in [0.25, 0.3) is 5.57 Å². The van der Waals surface area contributed by atoms with Gasteiger partial charge in [-0.05, 0) is 77.8 Å². The molecule has 0 aromatic heterocycles. The number of aryl methyl sites for hydroxylation is 1. The van der Waals surface area contributed by atoms with Gasteiger partial charge in [-0.15, -0.1) is 0 Å². The van der Waals surface area contributed by atoms with Crippen LogP contribution in [0.4, 0.5) is 5.69 Å². The van der Waals surface area contributed by atoms with Crippen LogP contribution in [0.1, 0.15) is 71.8 Å². The van der Waals surface area contributed by atoms with E-state index in [1.54, 1.807) is 0 Å². The molecule has 3 aliphatic carbocycles. The zero-order chi connectivity index (χ0) is 22.9. The number of anilines is 1. The molecule has 0 unspecified atom stereocenters. The van der Waals surface area contributed by atoms with Crippen molar-refractivity contribution in [1.29, 1.82) is 5.26 Å². The van der Waals surface area contributed by atoms with Crippen molar-refractivity contribution >= 4 is 17.0 Å². The molecule has 1 heterocycles. The number of carbonyl (C=O) groups is 1. The predicted octanol–water partition coefficient (Wildman–Crippen LogP) is 4.89. The van der Waals surface area contributed by atoms with Gasteiger partial charge in [0.1, 0.15) is 0 Å². The number of fused-ring (bicyclic) bond motifs is 3. The summed E-state index contributed by atoms with van der Waals surface area (Å²) in [6, 6.07) is 13.4. The zero-order valence-electron chi connectivity index (χ0n) is 19.9. The Kier molecular flexibility index (Phi) is 4.58. The Morgan fingerprint density at radius 2 is 1.82 bits per heavy atom. The number of nitrogens with zero attached hydrogens (tertiary/aromatic N) is 3. The minimum Gasteiger partial charge on any atom is -0.369 e. The molecule has 2 fully saturated rings. The normalized spacial score (nSPS) is 21.5. The molecule has 0 amide bonds. The Morgan fingerprint density at radius 1 is 1.06 bits per heavy atom. The lowest BCUT2D eigenvalue weighted by Gasteiger charge is -2.40. The Balaban J connectivity index is 1.41.